The van der Waals surface area contributed by atoms with Gasteiger partial charge >= 0.3 is 0 Å². The summed E-state index contributed by atoms with van der Waals surface area (Å²) < 4.78 is 0. The normalized spacial score (nSPS) is 25.9. The Morgan fingerprint density at radius 1 is 1.50 bits per heavy atom. The molecule has 1 aliphatic carbocycles. The summed E-state index contributed by atoms with van der Waals surface area (Å²) in [5.41, 5.74) is 1.01. The zero-order valence-electron chi connectivity index (χ0n) is 8.92. The molecule has 2 N–H and O–H groups in total. The van der Waals surface area contributed by atoms with Crippen LogP contribution in [-0.2, 0) is 4.79 Å². The van der Waals surface area contributed by atoms with Gasteiger partial charge < -0.3 is 10.4 Å². The maximum Gasteiger partial charge on any atom is 0.243 e. The van der Waals surface area contributed by atoms with E-state index in [1.807, 2.05) is 13.8 Å². The Bertz CT molecular complexity index is 231. The number of rotatable bonds is 3. The maximum atomic E-state index is 11.2. The number of carbonyl (C=O) groups excluding carboxylic acids is 1. The van der Waals surface area contributed by atoms with Gasteiger partial charge in [-0.2, -0.15) is 0 Å². The van der Waals surface area contributed by atoms with Crippen molar-refractivity contribution in [2.45, 2.75) is 39.2 Å². The first-order valence-corrected chi connectivity index (χ1v) is 5.18. The molecule has 80 valence electrons. The van der Waals surface area contributed by atoms with Crippen molar-refractivity contribution in [3.63, 3.8) is 0 Å². The predicted molar refractivity (Wildman–Crippen MR) is 55.8 cm³/mol. The monoisotopic (exact) mass is 197 g/mol. The number of aliphatic hydroxyl groups is 1. The summed E-state index contributed by atoms with van der Waals surface area (Å²) in [6.45, 7) is 4.50. The molecule has 2 unspecified atom stereocenters. The fourth-order valence-corrected chi connectivity index (χ4v) is 1.79. The van der Waals surface area contributed by atoms with Gasteiger partial charge in [-0.1, -0.05) is 5.57 Å². The minimum Gasteiger partial charge on any atom is -0.393 e. The zero-order chi connectivity index (χ0) is 10.6. The predicted octanol–water partition coefficient (Wildman–Crippen LogP) is 1.23. The van der Waals surface area contributed by atoms with E-state index in [0.29, 0.717) is 12.5 Å². The summed E-state index contributed by atoms with van der Waals surface area (Å²) in [6.07, 6.45) is 4.18. The van der Waals surface area contributed by atoms with E-state index in [2.05, 4.69) is 5.32 Å². The second-order valence-electron chi connectivity index (χ2n) is 4.30. The van der Waals surface area contributed by atoms with Gasteiger partial charge in [0.1, 0.15) is 0 Å². The van der Waals surface area contributed by atoms with Crippen LogP contribution in [0.2, 0.25) is 0 Å². The average molecular weight is 197 g/mol. The Morgan fingerprint density at radius 3 is 2.71 bits per heavy atom. The zero-order valence-corrected chi connectivity index (χ0v) is 8.92. The molecule has 1 aliphatic rings. The van der Waals surface area contributed by atoms with Gasteiger partial charge in [-0.15, -0.1) is 0 Å². The molecule has 3 nitrogen and oxygen atoms in total. The Hall–Kier alpha value is -0.830. The first-order valence-electron chi connectivity index (χ1n) is 5.18. The van der Waals surface area contributed by atoms with Crippen molar-refractivity contribution in [1.82, 2.24) is 5.32 Å². The fourth-order valence-electron chi connectivity index (χ4n) is 1.79. The highest BCUT2D eigenvalue weighted by Crippen LogP contribution is 2.24. The summed E-state index contributed by atoms with van der Waals surface area (Å²) in [6, 6.07) is 0. The van der Waals surface area contributed by atoms with Crippen LogP contribution in [0.1, 0.15) is 33.1 Å². The number of hydrogen-bond donors (Lipinski definition) is 2. The number of hydrogen-bond acceptors (Lipinski definition) is 2. The van der Waals surface area contributed by atoms with Gasteiger partial charge in [0.15, 0.2) is 0 Å². The molecule has 0 saturated heterocycles. The van der Waals surface area contributed by atoms with Crippen molar-refractivity contribution in [2.24, 2.45) is 5.92 Å². The summed E-state index contributed by atoms with van der Waals surface area (Å²) in [5, 5.41) is 12.1. The van der Waals surface area contributed by atoms with E-state index in [-0.39, 0.29) is 12.0 Å². The maximum absolute atomic E-state index is 11.2. The van der Waals surface area contributed by atoms with Crippen LogP contribution in [0.15, 0.2) is 11.6 Å². The topological polar surface area (TPSA) is 49.3 Å². The van der Waals surface area contributed by atoms with Crippen molar-refractivity contribution in [1.29, 1.82) is 0 Å². The van der Waals surface area contributed by atoms with Crippen molar-refractivity contribution >= 4 is 5.91 Å². The number of carbonyl (C=O) groups is 1. The molecule has 0 aliphatic heterocycles. The third kappa shape index (κ3) is 3.92. The molecule has 1 rings (SSSR count). The largest absolute Gasteiger partial charge is 0.393 e. The smallest absolute Gasteiger partial charge is 0.243 e. The van der Waals surface area contributed by atoms with E-state index >= 15 is 0 Å². The van der Waals surface area contributed by atoms with Crippen LogP contribution in [0.4, 0.5) is 0 Å². The van der Waals surface area contributed by atoms with E-state index < -0.39 is 0 Å². The Kier molecular flexibility index (Phi) is 4.14. The van der Waals surface area contributed by atoms with Gasteiger partial charge in [-0.3, -0.25) is 4.79 Å². The SMILES string of the molecule is CC(C)=CC(=O)NCC1CCC(O)C1. The summed E-state index contributed by atoms with van der Waals surface area (Å²) in [4.78, 5) is 11.2. The molecule has 0 radical (unpaired) electrons. The summed E-state index contributed by atoms with van der Waals surface area (Å²) in [7, 11) is 0. The van der Waals surface area contributed by atoms with Crippen LogP contribution in [-0.4, -0.2) is 23.7 Å². The molecule has 0 aromatic carbocycles. The van der Waals surface area contributed by atoms with E-state index in [1.165, 1.54) is 0 Å². The number of amides is 1. The van der Waals surface area contributed by atoms with E-state index in [0.717, 1.165) is 24.8 Å². The van der Waals surface area contributed by atoms with Crippen LogP contribution >= 0.6 is 0 Å². The molecule has 0 spiro atoms. The van der Waals surface area contributed by atoms with E-state index in [4.69, 9.17) is 0 Å². The molecular formula is C11H19NO2. The van der Waals surface area contributed by atoms with Crippen molar-refractivity contribution < 1.29 is 9.90 Å². The lowest BCUT2D eigenvalue weighted by atomic mass is 10.1. The van der Waals surface area contributed by atoms with Crippen LogP contribution < -0.4 is 5.32 Å². The molecule has 2 atom stereocenters. The highest BCUT2D eigenvalue weighted by Gasteiger charge is 2.22. The second-order valence-corrected chi connectivity index (χ2v) is 4.30. The minimum atomic E-state index is -0.152. The van der Waals surface area contributed by atoms with Crippen molar-refractivity contribution in [3.05, 3.63) is 11.6 Å². The Morgan fingerprint density at radius 2 is 2.21 bits per heavy atom. The van der Waals surface area contributed by atoms with Crippen LogP contribution in [0.25, 0.3) is 0 Å². The van der Waals surface area contributed by atoms with Gasteiger partial charge in [0, 0.05) is 12.6 Å². The molecule has 0 aromatic heterocycles. The quantitative estimate of drug-likeness (QED) is 0.668. The molecule has 1 fully saturated rings. The van der Waals surface area contributed by atoms with Crippen molar-refractivity contribution in [3.8, 4) is 0 Å². The first kappa shape index (κ1) is 11.2. The molecule has 1 amide bonds. The molecule has 14 heavy (non-hydrogen) atoms. The third-order valence-electron chi connectivity index (χ3n) is 2.50. The standard InChI is InChI=1S/C11H19NO2/c1-8(2)5-11(14)12-7-9-3-4-10(13)6-9/h5,9-10,13H,3-4,6-7H2,1-2H3,(H,12,14). The third-order valence-corrected chi connectivity index (χ3v) is 2.50. The van der Waals surface area contributed by atoms with Crippen LogP contribution in [0.3, 0.4) is 0 Å². The molecule has 0 heterocycles. The van der Waals surface area contributed by atoms with Crippen LogP contribution in [0.5, 0.6) is 0 Å². The van der Waals surface area contributed by atoms with Gasteiger partial charge in [-0.25, -0.2) is 0 Å². The first-order chi connectivity index (χ1) is 6.58. The molecule has 0 aromatic rings. The van der Waals surface area contributed by atoms with Gasteiger partial charge in [0.25, 0.3) is 0 Å². The van der Waals surface area contributed by atoms with Crippen LogP contribution in [0, 0.1) is 5.92 Å². The summed E-state index contributed by atoms with van der Waals surface area (Å²) in [5.74, 6) is 0.436. The van der Waals surface area contributed by atoms with E-state index in [9.17, 15) is 9.90 Å². The fraction of sp³-hybridized carbons (Fsp3) is 0.727. The van der Waals surface area contributed by atoms with Crippen molar-refractivity contribution in [2.75, 3.05) is 6.54 Å². The van der Waals surface area contributed by atoms with Gasteiger partial charge in [0.2, 0.25) is 5.91 Å². The average Bonchev–Trinajstić information content (AvgIpc) is 2.47. The lowest BCUT2D eigenvalue weighted by molar-refractivity contribution is -0.116. The summed E-state index contributed by atoms with van der Waals surface area (Å²) >= 11 is 0. The lowest BCUT2D eigenvalue weighted by Gasteiger charge is -2.09. The second kappa shape index (κ2) is 5.15. The molecule has 3 heteroatoms. The molecule has 0 bridgehead atoms. The molecule has 1 saturated carbocycles. The Labute approximate surface area is 85.2 Å². The number of allylic oxidation sites excluding steroid dienone is 1. The highest BCUT2D eigenvalue weighted by molar-refractivity contribution is 5.87. The highest BCUT2D eigenvalue weighted by atomic mass is 16.3. The Balaban J connectivity index is 2.21. The number of aliphatic hydroxyl groups excluding tert-OH is 1. The lowest BCUT2D eigenvalue weighted by Crippen LogP contribution is -2.27. The van der Waals surface area contributed by atoms with E-state index in [1.54, 1.807) is 6.08 Å². The molecular weight excluding hydrogens is 178 g/mol. The van der Waals surface area contributed by atoms with Gasteiger partial charge in [-0.05, 0) is 39.0 Å². The minimum absolute atomic E-state index is 0.0219. The van der Waals surface area contributed by atoms with Gasteiger partial charge in [0.05, 0.1) is 6.10 Å². The number of nitrogens with one attached hydrogen (secondary N) is 1.